The van der Waals surface area contributed by atoms with Crippen LogP contribution in [-0.2, 0) is 0 Å². The number of pyridine rings is 1. The van der Waals surface area contributed by atoms with Gasteiger partial charge in [-0.1, -0.05) is 29.8 Å². The first-order chi connectivity index (χ1) is 12.5. The zero-order valence-corrected chi connectivity index (χ0v) is 14.5. The number of nitriles is 1. The predicted molar refractivity (Wildman–Crippen MR) is 98.4 cm³/mol. The van der Waals surface area contributed by atoms with E-state index in [1.54, 1.807) is 5.38 Å². The fourth-order valence-electron chi connectivity index (χ4n) is 2.43. The number of amides is 1. The summed E-state index contributed by atoms with van der Waals surface area (Å²) in [4.78, 5) is 27.6. The molecule has 0 atom stereocenters. The minimum Gasteiger partial charge on any atom is -0.478 e. The van der Waals surface area contributed by atoms with Crippen LogP contribution < -0.4 is 5.32 Å². The van der Waals surface area contributed by atoms with Crippen LogP contribution in [0.25, 0.3) is 11.1 Å². The first-order valence-corrected chi connectivity index (χ1v) is 8.47. The second kappa shape index (κ2) is 7.17. The summed E-state index contributed by atoms with van der Waals surface area (Å²) in [5.74, 6) is -1.91. The summed E-state index contributed by atoms with van der Waals surface area (Å²) in [6.45, 7) is 1.97. The highest BCUT2D eigenvalue weighted by Gasteiger charge is 2.21. The molecule has 2 N–H and O–H groups in total. The Balaban J connectivity index is 1.94. The number of benzene rings is 1. The summed E-state index contributed by atoms with van der Waals surface area (Å²) in [7, 11) is 0. The first-order valence-electron chi connectivity index (χ1n) is 7.59. The van der Waals surface area contributed by atoms with Crippen LogP contribution in [0.4, 0.5) is 5.00 Å². The monoisotopic (exact) mass is 363 g/mol. The summed E-state index contributed by atoms with van der Waals surface area (Å²) < 4.78 is 0. The number of aromatic carboxylic acids is 1. The fourth-order valence-corrected chi connectivity index (χ4v) is 3.34. The van der Waals surface area contributed by atoms with Gasteiger partial charge in [-0.25, -0.2) is 4.79 Å². The van der Waals surface area contributed by atoms with Gasteiger partial charge in [0.15, 0.2) is 0 Å². The van der Waals surface area contributed by atoms with Gasteiger partial charge in [-0.15, -0.1) is 11.3 Å². The molecule has 0 aliphatic heterocycles. The lowest BCUT2D eigenvalue weighted by atomic mass is 10.0. The minimum absolute atomic E-state index is 0.196. The molecule has 0 spiro atoms. The maximum Gasteiger partial charge on any atom is 0.338 e. The Morgan fingerprint density at radius 1 is 1.23 bits per heavy atom. The van der Waals surface area contributed by atoms with E-state index in [4.69, 9.17) is 0 Å². The van der Waals surface area contributed by atoms with Gasteiger partial charge in [0.05, 0.1) is 11.1 Å². The zero-order valence-electron chi connectivity index (χ0n) is 13.7. The number of hydrogen-bond donors (Lipinski definition) is 2. The van der Waals surface area contributed by atoms with E-state index < -0.39 is 11.9 Å². The summed E-state index contributed by atoms with van der Waals surface area (Å²) in [5, 5.41) is 23.5. The molecule has 0 saturated carbocycles. The van der Waals surface area contributed by atoms with Gasteiger partial charge in [-0.2, -0.15) is 5.26 Å². The van der Waals surface area contributed by atoms with Crippen molar-refractivity contribution in [2.24, 2.45) is 0 Å². The van der Waals surface area contributed by atoms with Crippen LogP contribution in [0.3, 0.4) is 0 Å². The molecule has 0 aliphatic carbocycles. The quantitative estimate of drug-likeness (QED) is 0.731. The Kier molecular flexibility index (Phi) is 4.78. The molecule has 1 amide bonds. The SMILES string of the molecule is Cc1ccc(-c2csc(NC(=O)c3ncccc3C(=O)O)c2C#N)cc1. The number of carboxylic acids is 1. The number of carbonyl (C=O) groups excluding carboxylic acids is 1. The second-order valence-electron chi connectivity index (χ2n) is 5.49. The third kappa shape index (κ3) is 3.31. The number of aryl methyl sites for hydroxylation is 1. The van der Waals surface area contributed by atoms with E-state index in [9.17, 15) is 20.0 Å². The lowest BCUT2D eigenvalue weighted by Gasteiger charge is -2.06. The van der Waals surface area contributed by atoms with Gasteiger partial charge in [0.25, 0.3) is 5.91 Å². The number of thiophene rings is 1. The Morgan fingerprint density at radius 3 is 2.62 bits per heavy atom. The highest BCUT2D eigenvalue weighted by Crippen LogP contribution is 2.35. The second-order valence-corrected chi connectivity index (χ2v) is 6.37. The number of rotatable bonds is 4. The van der Waals surface area contributed by atoms with Gasteiger partial charge in [-0.3, -0.25) is 9.78 Å². The molecule has 2 heterocycles. The highest BCUT2D eigenvalue weighted by atomic mass is 32.1. The molecule has 7 heteroatoms. The maximum absolute atomic E-state index is 12.5. The molecule has 3 rings (SSSR count). The number of nitrogens with zero attached hydrogens (tertiary/aromatic N) is 2. The lowest BCUT2D eigenvalue weighted by Crippen LogP contribution is -2.18. The molecule has 0 saturated heterocycles. The van der Waals surface area contributed by atoms with Crippen molar-refractivity contribution in [1.82, 2.24) is 4.98 Å². The van der Waals surface area contributed by atoms with E-state index in [2.05, 4.69) is 16.4 Å². The van der Waals surface area contributed by atoms with Crippen molar-refractivity contribution in [2.75, 3.05) is 5.32 Å². The van der Waals surface area contributed by atoms with Gasteiger partial charge in [-0.05, 0) is 24.6 Å². The molecule has 0 unspecified atom stereocenters. The van der Waals surface area contributed by atoms with Crippen LogP contribution in [0.1, 0.15) is 32.0 Å². The van der Waals surface area contributed by atoms with Crippen molar-refractivity contribution < 1.29 is 14.7 Å². The van der Waals surface area contributed by atoms with E-state index >= 15 is 0 Å². The number of anilines is 1. The zero-order chi connectivity index (χ0) is 18.7. The van der Waals surface area contributed by atoms with Gasteiger partial charge in [0.2, 0.25) is 0 Å². The van der Waals surface area contributed by atoms with Gasteiger partial charge >= 0.3 is 5.97 Å². The van der Waals surface area contributed by atoms with Crippen LogP contribution in [0, 0.1) is 18.3 Å². The van der Waals surface area contributed by atoms with Gasteiger partial charge in [0.1, 0.15) is 16.8 Å². The molecule has 3 aromatic rings. The summed E-state index contributed by atoms with van der Waals surface area (Å²) >= 11 is 1.21. The fraction of sp³-hybridized carbons (Fsp3) is 0.0526. The number of hydrogen-bond acceptors (Lipinski definition) is 5. The Bertz CT molecular complexity index is 1030. The average Bonchev–Trinajstić information content (AvgIpc) is 3.04. The van der Waals surface area contributed by atoms with E-state index in [0.29, 0.717) is 16.1 Å². The van der Waals surface area contributed by atoms with Gasteiger partial charge in [0, 0.05) is 17.1 Å². The van der Waals surface area contributed by atoms with Crippen molar-refractivity contribution in [3.05, 3.63) is 70.4 Å². The molecule has 2 aromatic heterocycles. The average molecular weight is 363 g/mol. The van der Waals surface area contributed by atoms with Crippen LogP contribution in [-0.4, -0.2) is 22.0 Å². The standard InChI is InChI=1S/C19H13N3O3S/c1-11-4-6-12(7-5-11)15-10-26-18(14(15)9-20)22-17(23)16-13(19(24)25)3-2-8-21-16/h2-8,10H,1H3,(H,22,23)(H,24,25). The molecule has 0 aliphatic rings. The molecular weight excluding hydrogens is 350 g/mol. The molecule has 128 valence electrons. The number of carboxylic acid groups (broad SMARTS) is 1. The third-order valence-corrected chi connectivity index (χ3v) is 4.64. The van der Waals surface area contributed by atoms with E-state index in [1.165, 1.54) is 29.7 Å². The van der Waals surface area contributed by atoms with Crippen LogP contribution in [0.15, 0.2) is 48.0 Å². The molecule has 6 nitrogen and oxygen atoms in total. The summed E-state index contributed by atoms with van der Waals surface area (Å²) in [6.07, 6.45) is 1.35. The van der Waals surface area contributed by atoms with Crippen molar-refractivity contribution in [2.45, 2.75) is 6.92 Å². The van der Waals surface area contributed by atoms with Gasteiger partial charge < -0.3 is 10.4 Å². The smallest absolute Gasteiger partial charge is 0.338 e. The van der Waals surface area contributed by atoms with E-state index in [1.807, 2.05) is 31.2 Å². The normalized spacial score (nSPS) is 10.2. The van der Waals surface area contributed by atoms with Crippen molar-refractivity contribution >= 4 is 28.2 Å². The van der Waals surface area contributed by atoms with Crippen LogP contribution in [0.2, 0.25) is 0 Å². The number of nitrogens with one attached hydrogen (secondary N) is 1. The minimum atomic E-state index is -1.24. The lowest BCUT2D eigenvalue weighted by molar-refractivity contribution is 0.0691. The molecule has 0 radical (unpaired) electrons. The molecule has 0 bridgehead atoms. The Morgan fingerprint density at radius 2 is 1.96 bits per heavy atom. The summed E-state index contributed by atoms with van der Waals surface area (Å²) in [5.41, 5.74) is 2.63. The van der Waals surface area contributed by atoms with E-state index in [0.717, 1.165) is 11.1 Å². The summed E-state index contributed by atoms with van der Waals surface area (Å²) in [6, 6.07) is 12.6. The number of aromatic nitrogens is 1. The Labute approximate surface area is 153 Å². The van der Waals surface area contributed by atoms with Crippen LogP contribution in [0.5, 0.6) is 0 Å². The molecule has 1 aromatic carbocycles. The third-order valence-electron chi connectivity index (χ3n) is 3.75. The Hall–Kier alpha value is -3.50. The first kappa shape index (κ1) is 17.3. The topological polar surface area (TPSA) is 103 Å². The largest absolute Gasteiger partial charge is 0.478 e. The van der Waals surface area contributed by atoms with Crippen LogP contribution >= 0.6 is 11.3 Å². The molecular formula is C19H13N3O3S. The van der Waals surface area contributed by atoms with Crippen molar-refractivity contribution in [3.8, 4) is 17.2 Å². The molecule has 26 heavy (non-hydrogen) atoms. The predicted octanol–water partition coefficient (Wildman–Crippen LogP) is 3.94. The molecule has 0 fully saturated rings. The highest BCUT2D eigenvalue weighted by molar-refractivity contribution is 7.15. The van der Waals surface area contributed by atoms with E-state index in [-0.39, 0.29) is 11.3 Å². The number of carbonyl (C=O) groups is 2. The van der Waals surface area contributed by atoms with Crippen molar-refractivity contribution in [3.63, 3.8) is 0 Å². The maximum atomic E-state index is 12.5. The van der Waals surface area contributed by atoms with Crippen molar-refractivity contribution in [1.29, 1.82) is 5.26 Å².